The summed E-state index contributed by atoms with van der Waals surface area (Å²) in [5, 5.41) is 3.73. The number of nitrogens with one attached hydrogen (secondary N) is 1. The summed E-state index contributed by atoms with van der Waals surface area (Å²) in [6.07, 6.45) is -1.30. The molecule has 158 valence electrons. The largest absolute Gasteiger partial charge is 0.378 e. The number of hydrogen-bond donors (Lipinski definition) is 1. The number of anilines is 2. The van der Waals surface area contributed by atoms with E-state index in [4.69, 9.17) is 16.3 Å². The van der Waals surface area contributed by atoms with Crippen molar-refractivity contribution in [2.45, 2.75) is 19.4 Å². The molecule has 0 bridgehead atoms. The first kappa shape index (κ1) is 20.6. The van der Waals surface area contributed by atoms with E-state index < -0.39 is 23.8 Å². The van der Waals surface area contributed by atoms with Gasteiger partial charge in [-0.3, -0.25) is 0 Å². The number of alkyl halides is 2. The maximum absolute atomic E-state index is 14.6. The van der Waals surface area contributed by atoms with Gasteiger partial charge in [-0.2, -0.15) is 0 Å². The van der Waals surface area contributed by atoms with Crippen LogP contribution < -0.4 is 10.2 Å². The van der Waals surface area contributed by atoms with Gasteiger partial charge < -0.3 is 15.0 Å². The second kappa shape index (κ2) is 8.61. The zero-order valence-corrected chi connectivity index (χ0v) is 16.8. The van der Waals surface area contributed by atoms with Gasteiger partial charge in [-0.1, -0.05) is 18.2 Å². The number of morpholine rings is 1. The molecule has 1 fully saturated rings. The summed E-state index contributed by atoms with van der Waals surface area (Å²) in [7, 11) is 0. The van der Waals surface area contributed by atoms with E-state index in [0.717, 1.165) is 11.9 Å². The van der Waals surface area contributed by atoms with E-state index in [0.29, 0.717) is 43.0 Å². The molecule has 1 aromatic carbocycles. The number of fused-ring (bicyclic) bond motifs is 1. The lowest BCUT2D eigenvalue weighted by Crippen LogP contribution is -2.36. The van der Waals surface area contributed by atoms with Gasteiger partial charge in [-0.15, -0.1) is 0 Å². The van der Waals surface area contributed by atoms with Crippen LogP contribution in [0.1, 0.15) is 30.5 Å². The van der Waals surface area contributed by atoms with Crippen molar-refractivity contribution in [1.29, 1.82) is 0 Å². The molecule has 1 aliphatic rings. The number of rotatable bonds is 5. The summed E-state index contributed by atoms with van der Waals surface area (Å²) in [4.78, 5) is 15.0. The second-order valence-corrected chi connectivity index (χ2v) is 7.26. The number of hydrogen-bond acceptors (Lipinski definition) is 6. The SMILES string of the molecule is C[C@@H](Nc1nc(Cl)nc2cnc(N3CCOCC3)cc12)c1cccc(C(F)F)c1F. The Morgan fingerprint density at radius 2 is 1.90 bits per heavy atom. The molecule has 0 aliphatic carbocycles. The second-order valence-electron chi connectivity index (χ2n) is 6.92. The molecule has 1 atom stereocenters. The van der Waals surface area contributed by atoms with Crippen LogP contribution in [-0.4, -0.2) is 41.3 Å². The molecule has 4 rings (SSSR count). The van der Waals surface area contributed by atoms with E-state index in [9.17, 15) is 13.2 Å². The molecule has 3 heterocycles. The maximum Gasteiger partial charge on any atom is 0.266 e. The van der Waals surface area contributed by atoms with Crippen molar-refractivity contribution in [3.63, 3.8) is 0 Å². The molecule has 1 aliphatic heterocycles. The van der Waals surface area contributed by atoms with Gasteiger partial charge in [0.2, 0.25) is 5.28 Å². The Morgan fingerprint density at radius 3 is 2.63 bits per heavy atom. The van der Waals surface area contributed by atoms with Crippen molar-refractivity contribution in [3.05, 3.63) is 52.7 Å². The summed E-state index contributed by atoms with van der Waals surface area (Å²) < 4.78 is 46.1. The number of pyridine rings is 1. The van der Waals surface area contributed by atoms with E-state index in [1.807, 2.05) is 6.07 Å². The van der Waals surface area contributed by atoms with Gasteiger partial charge in [0.05, 0.1) is 36.5 Å². The molecule has 10 heteroatoms. The van der Waals surface area contributed by atoms with Crippen LogP contribution >= 0.6 is 11.6 Å². The van der Waals surface area contributed by atoms with Gasteiger partial charge in [0, 0.05) is 24.0 Å². The Labute approximate surface area is 176 Å². The maximum atomic E-state index is 14.6. The summed E-state index contributed by atoms with van der Waals surface area (Å²) in [5.41, 5.74) is -0.00723. The smallest absolute Gasteiger partial charge is 0.266 e. The van der Waals surface area contributed by atoms with Crippen LogP contribution in [0, 0.1) is 5.82 Å². The van der Waals surface area contributed by atoms with E-state index in [1.54, 1.807) is 13.1 Å². The molecular formula is C20H19ClF3N5O. The molecule has 0 radical (unpaired) electrons. The predicted molar refractivity (Wildman–Crippen MR) is 109 cm³/mol. The number of aromatic nitrogens is 3. The first-order valence-corrected chi connectivity index (χ1v) is 9.81. The fraction of sp³-hybridized carbons (Fsp3) is 0.350. The molecular weight excluding hydrogens is 419 g/mol. The van der Waals surface area contributed by atoms with Crippen LogP contribution in [-0.2, 0) is 4.74 Å². The van der Waals surface area contributed by atoms with Gasteiger partial charge in [0.25, 0.3) is 6.43 Å². The minimum Gasteiger partial charge on any atom is -0.378 e. The monoisotopic (exact) mass is 437 g/mol. The summed E-state index contributed by atoms with van der Waals surface area (Å²) in [6.45, 7) is 4.30. The lowest BCUT2D eigenvalue weighted by Gasteiger charge is -2.28. The van der Waals surface area contributed by atoms with Crippen LogP contribution in [0.15, 0.2) is 30.5 Å². The molecule has 3 aromatic rings. The highest BCUT2D eigenvalue weighted by molar-refractivity contribution is 6.28. The molecule has 0 amide bonds. The van der Waals surface area contributed by atoms with Crippen LogP contribution in [0.4, 0.5) is 24.8 Å². The number of nitrogens with zero attached hydrogens (tertiary/aromatic N) is 4. The van der Waals surface area contributed by atoms with E-state index in [2.05, 4.69) is 25.2 Å². The fourth-order valence-corrected chi connectivity index (χ4v) is 3.60. The molecule has 0 unspecified atom stereocenters. The predicted octanol–water partition coefficient (Wildman–Crippen LogP) is 4.76. The van der Waals surface area contributed by atoms with Crippen LogP contribution in [0.5, 0.6) is 0 Å². The van der Waals surface area contributed by atoms with Crippen molar-refractivity contribution in [1.82, 2.24) is 15.0 Å². The standard InChI is InChI=1S/C20H19ClF3N5O/c1-11(12-3-2-4-13(17(12)22)18(23)24)26-19-14-9-16(29-5-7-30-8-6-29)25-10-15(14)27-20(21)28-19/h2-4,9-11,18H,5-8H2,1H3,(H,26,27,28)/t11-/m1/s1. The van der Waals surface area contributed by atoms with Crippen LogP contribution in [0.3, 0.4) is 0 Å². The summed E-state index contributed by atoms with van der Waals surface area (Å²) >= 11 is 6.05. The Kier molecular flexibility index (Phi) is 5.92. The lowest BCUT2D eigenvalue weighted by molar-refractivity contribution is 0.122. The van der Waals surface area contributed by atoms with Crippen molar-refractivity contribution in [3.8, 4) is 0 Å². The Hall–Kier alpha value is -2.65. The van der Waals surface area contributed by atoms with Crippen LogP contribution in [0.25, 0.3) is 10.9 Å². The number of ether oxygens (including phenoxy) is 1. The Morgan fingerprint density at radius 1 is 1.17 bits per heavy atom. The van der Waals surface area contributed by atoms with E-state index in [-0.39, 0.29) is 10.8 Å². The van der Waals surface area contributed by atoms with Gasteiger partial charge in [-0.05, 0) is 24.6 Å². The molecule has 0 spiro atoms. The molecule has 1 saturated heterocycles. The molecule has 0 saturated carbocycles. The highest BCUT2D eigenvalue weighted by atomic mass is 35.5. The summed E-state index contributed by atoms with van der Waals surface area (Å²) in [6, 6.07) is 5.14. The third-order valence-electron chi connectivity index (χ3n) is 4.99. The molecule has 30 heavy (non-hydrogen) atoms. The highest BCUT2D eigenvalue weighted by Crippen LogP contribution is 2.31. The Bertz CT molecular complexity index is 1060. The highest BCUT2D eigenvalue weighted by Gasteiger charge is 2.21. The zero-order chi connectivity index (χ0) is 21.3. The Balaban J connectivity index is 1.70. The average molecular weight is 438 g/mol. The number of halogens is 4. The van der Waals surface area contributed by atoms with Gasteiger partial charge in [-0.25, -0.2) is 28.1 Å². The van der Waals surface area contributed by atoms with E-state index in [1.165, 1.54) is 12.1 Å². The quantitative estimate of drug-likeness (QED) is 0.580. The van der Waals surface area contributed by atoms with Gasteiger partial charge >= 0.3 is 0 Å². The molecule has 1 N–H and O–H groups in total. The molecule has 2 aromatic heterocycles. The topological polar surface area (TPSA) is 63.2 Å². The van der Waals surface area contributed by atoms with E-state index >= 15 is 0 Å². The first-order chi connectivity index (χ1) is 14.4. The van der Waals surface area contributed by atoms with Crippen LogP contribution in [0.2, 0.25) is 5.28 Å². The molecule has 6 nitrogen and oxygen atoms in total. The van der Waals surface area contributed by atoms with Gasteiger partial charge in [0.1, 0.15) is 17.5 Å². The number of benzene rings is 1. The lowest BCUT2D eigenvalue weighted by atomic mass is 10.0. The fourth-order valence-electron chi connectivity index (χ4n) is 3.42. The average Bonchev–Trinajstić information content (AvgIpc) is 2.74. The van der Waals surface area contributed by atoms with Crippen molar-refractivity contribution in [2.75, 3.05) is 36.5 Å². The third-order valence-corrected chi connectivity index (χ3v) is 5.16. The van der Waals surface area contributed by atoms with Crippen molar-refractivity contribution in [2.24, 2.45) is 0 Å². The zero-order valence-electron chi connectivity index (χ0n) is 16.1. The minimum atomic E-state index is -2.89. The minimum absolute atomic E-state index is 0.0000689. The first-order valence-electron chi connectivity index (χ1n) is 9.43. The summed E-state index contributed by atoms with van der Waals surface area (Å²) in [5.74, 6) is 0.169. The third kappa shape index (κ3) is 4.13. The van der Waals surface area contributed by atoms with Gasteiger partial charge in [0.15, 0.2) is 0 Å². The van der Waals surface area contributed by atoms with Crippen molar-refractivity contribution >= 4 is 34.1 Å². The van der Waals surface area contributed by atoms with Crippen molar-refractivity contribution < 1.29 is 17.9 Å². The normalized spacial score (nSPS) is 15.6.